The van der Waals surface area contributed by atoms with E-state index in [4.69, 9.17) is 4.99 Å². The summed E-state index contributed by atoms with van der Waals surface area (Å²) in [5.41, 5.74) is 5.07. The van der Waals surface area contributed by atoms with Crippen LogP contribution in [0.15, 0.2) is 65.7 Å². The minimum Gasteiger partial charge on any atom is -0.288 e. The van der Waals surface area contributed by atoms with E-state index in [0.717, 1.165) is 13.0 Å². The second-order valence-electron chi connectivity index (χ2n) is 5.39. The molecule has 2 aromatic carbocycles. The molecule has 0 saturated carbocycles. The Morgan fingerprint density at radius 2 is 1.75 bits per heavy atom. The van der Waals surface area contributed by atoms with Gasteiger partial charge in [0.05, 0.1) is 0 Å². The lowest BCUT2D eigenvalue weighted by Crippen LogP contribution is -2.00. The molecule has 0 radical (unpaired) electrons. The lowest BCUT2D eigenvalue weighted by Gasteiger charge is -2.03. The van der Waals surface area contributed by atoms with E-state index in [1.54, 1.807) is 0 Å². The van der Waals surface area contributed by atoms with Gasteiger partial charge in [0.15, 0.2) is 0 Å². The minimum atomic E-state index is 0.534. The number of rotatable bonds is 3. The highest BCUT2D eigenvalue weighted by Crippen LogP contribution is 2.21. The van der Waals surface area contributed by atoms with Crippen LogP contribution in [0.4, 0.5) is 0 Å². The number of aryl methyl sites for hydroxylation is 1. The van der Waals surface area contributed by atoms with Crippen molar-refractivity contribution in [1.29, 1.82) is 0 Å². The third kappa shape index (κ3) is 3.05. The Morgan fingerprint density at radius 3 is 2.50 bits per heavy atom. The van der Waals surface area contributed by atoms with E-state index in [-0.39, 0.29) is 0 Å². The van der Waals surface area contributed by atoms with Crippen molar-refractivity contribution in [3.05, 3.63) is 77.4 Å². The fourth-order valence-corrected chi connectivity index (χ4v) is 2.50. The molecule has 1 atom stereocenters. The number of benzene rings is 2. The van der Waals surface area contributed by atoms with E-state index in [1.807, 2.05) is 6.07 Å². The number of nitrogens with zero attached hydrogens (tertiary/aromatic N) is 1. The van der Waals surface area contributed by atoms with Crippen molar-refractivity contribution in [3.8, 4) is 0 Å². The average Bonchev–Trinajstić information content (AvgIpc) is 2.96. The van der Waals surface area contributed by atoms with Crippen LogP contribution in [0.1, 0.15) is 23.1 Å². The summed E-state index contributed by atoms with van der Waals surface area (Å²) in [6, 6.07) is 19.1. The Labute approximate surface area is 120 Å². The Hall–Kier alpha value is -2.15. The summed E-state index contributed by atoms with van der Waals surface area (Å²) in [4.78, 5) is 4.69. The lowest BCUT2D eigenvalue weighted by molar-refractivity contribution is 0.747. The molecule has 0 N–H and O–H groups in total. The smallest absolute Gasteiger partial charge is 0.0459 e. The van der Waals surface area contributed by atoms with Crippen LogP contribution >= 0.6 is 0 Å². The molecule has 0 aromatic heterocycles. The zero-order valence-corrected chi connectivity index (χ0v) is 11.8. The largest absolute Gasteiger partial charge is 0.288 e. The van der Waals surface area contributed by atoms with Gasteiger partial charge >= 0.3 is 0 Å². The second kappa shape index (κ2) is 5.87. The molecule has 1 aliphatic rings. The van der Waals surface area contributed by atoms with Crippen LogP contribution in [-0.4, -0.2) is 12.3 Å². The van der Waals surface area contributed by atoms with Crippen molar-refractivity contribution < 1.29 is 0 Å². The van der Waals surface area contributed by atoms with Gasteiger partial charge in [-0.15, -0.1) is 0 Å². The molecule has 0 spiro atoms. The fraction of sp³-hybridized carbons (Fsp3) is 0.211. The topological polar surface area (TPSA) is 12.4 Å². The predicted molar refractivity (Wildman–Crippen MR) is 86.2 cm³/mol. The molecule has 0 amide bonds. The van der Waals surface area contributed by atoms with Gasteiger partial charge in [0, 0.05) is 18.2 Å². The van der Waals surface area contributed by atoms with Gasteiger partial charge in [0.25, 0.3) is 0 Å². The highest BCUT2D eigenvalue weighted by atomic mass is 14.8. The van der Waals surface area contributed by atoms with Crippen LogP contribution in [0.2, 0.25) is 0 Å². The molecule has 0 fully saturated rings. The van der Waals surface area contributed by atoms with E-state index in [2.05, 4.69) is 67.6 Å². The highest BCUT2D eigenvalue weighted by Gasteiger charge is 2.17. The molecule has 1 nitrogen and oxygen atoms in total. The summed E-state index contributed by atoms with van der Waals surface area (Å²) in [6.07, 6.45) is 5.55. The Kier molecular flexibility index (Phi) is 3.78. The standard InChI is InChI=1S/C19H19N/c1-15-7-11-18(12-8-15)19-13-17(14-20-19)10-9-16-5-3-2-4-6-16/h2-12,17H,13-14H2,1H3/b10-9+/t17-/m0/s1. The fourth-order valence-electron chi connectivity index (χ4n) is 2.50. The number of hydrogen-bond acceptors (Lipinski definition) is 1. The molecular formula is C19H19N. The molecule has 0 bridgehead atoms. The summed E-state index contributed by atoms with van der Waals surface area (Å²) < 4.78 is 0. The third-order valence-electron chi connectivity index (χ3n) is 3.72. The monoisotopic (exact) mass is 261 g/mol. The first kappa shape index (κ1) is 12.9. The van der Waals surface area contributed by atoms with Gasteiger partial charge < -0.3 is 0 Å². The first-order valence-corrected chi connectivity index (χ1v) is 7.15. The van der Waals surface area contributed by atoms with Gasteiger partial charge in [-0.25, -0.2) is 0 Å². The van der Waals surface area contributed by atoms with Gasteiger partial charge in [-0.1, -0.05) is 72.3 Å². The van der Waals surface area contributed by atoms with E-state index in [1.165, 1.54) is 22.4 Å². The lowest BCUT2D eigenvalue weighted by atomic mass is 9.99. The zero-order chi connectivity index (χ0) is 13.8. The maximum atomic E-state index is 4.69. The van der Waals surface area contributed by atoms with Crippen molar-refractivity contribution in [2.24, 2.45) is 10.9 Å². The molecule has 1 heterocycles. The maximum absolute atomic E-state index is 4.69. The van der Waals surface area contributed by atoms with Crippen LogP contribution in [-0.2, 0) is 0 Å². The third-order valence-corrected chi connectivity index (χ3v) is 3.72. The van der Waals surface area contributed by atoms with Crippen LogP contribution in [0.5, 0.6) is 0 Å². The molecule has 100 valence electrons. The van der Waals surface area contributed by atoms with E-state index in [9.17, 15) is 0 Å². The Morgan fingerprint density at radius 1 is 1.00 bits per heavy atom. The molecule has 0 saturated heterocycles. The number of hydrogen-bond donors (Lipinski definition) is 0. The van der Waals surface area contributed by atoms with Gasteiger partial charge in [-0.3, -0.25) is 4.99 Å². The Bertz CT molecular complexity index is 621. The van der Waals surface area contributed by atoms with E-state index < -0.39 is 0 Å². The Balaban J connectivity index is 1.64. The molecular weight excluding hydrogens is 242 g/mol. The van der Waals surface area contributed by atoms with Crippen LogP contribution in [0.25, 0.3) is 6.08 Å². The quantitative estimate of drug-likeness (QED) is 0.770. The van der Waals surface area contributed by atoms with Gasteiger partial charge in [-0.05, 0) is 24.5 Å². The number of aliphatic imine (C=N–C) groups is 1. The predicted octanol–water partition coefficient (Wildman–Crippen LogP) is 4.52. The molecule has 20 heavy (non-hydrogen) atoms. The summed E-state index contributed by atoms with van der Waals surface area (Å²) >= 11 is 0. The zero-order valence-electron chi connectivity index (χ0n) is 11.8. The molecule has 0 unspecified atom stereocenters. The van der Waals surface area contributed by atoms with Crippen LogP contribution < -0.4 is 0 Å². The molecule has 1 heteroatoms. The van der Waals surface area contributed by atoms with Crippen LogP contribution in [0, 0.1) is 12.8 Å². The van der Waals surface area contributed by atoms with Crippen molar-refractivity contribution in [3.63, 3.8) is 0 Å². The first-order valence-electron chi connectivity index (χ1n) is 7.15. The SMILES string of the molecule is Cc1ccc(C2=NC[C@@H](/C=C/c3ccccc3)C2)cc1. The molecule has 3 rings (SSSR count). The van der Waals surface area contributed by atoms with Crippen LogP contribution in [0.3, 0.4) is 0 Å². The van der Waals surface area contributed by atoms with Crippen molar-refractivity contribution in [2.75, 3.05) is 6.54 Å². The second-order valence-corrected chi connectivity index (χ2v) is 5.39. The highest BCUT2D eigenvalue weighted by molar-refractivity contribution is 6.02. The molecule has 1 aliphatic heterocycles. The molecule has 2 aromatic rings. The van der Waals surface area contributed by atoms with E-state index in [0.29, 0.717) is 5.92 Å². The summed E-state index contributed by atoms with van der Waals surface area (Å²) in [7, 11) is 0. The average molecular weight is 261 g/mol. The normalized spacial score (nSPS) is 18.4. The summed E-state index contributed by atoms with van der Waals surface area (Å²) in [5.74, 6) is 0.534. The van der Waals surface area contributed by atoms with Crippen molar-refractivity contribution in [1.82, 2.24) is 0 Å². The van der Waals surface area contributed by atoms with Crippen molar-refractivity contribution >= 4 is 11.8 Å². The van der Waals surface area contributed by atoms with Gasteiger partial charge in [0.2, 0.25) is 0 Å². The van der Waals surface area contributed by atoms with Gasteiger partial charge in [-0.2, -0.15) is 0 Å². The molecule has 0 aliphatic carbocycles. The summed E-state index contributed by atoms with van der Waals surface area (Å²) in [5, 5.41) is 0. The minimum absolute atomic E-state index is 0.534. The van der Waals surface area contributed by atoms with Crippen molar-refractivity contribution in [2.45, 2.75) is 13.3 Å². The van der Waals surface area contributed by atoms with Gasteiger partial charge in [0.1, 0.15) is 0 Å². The first-order chi connectivity index (χ1) is 9.81. The summed E-state index contributed by atoms with van der Waals surface area (Å²) in [6.45, 7) is 3.03. The maximum Gasteiger partial charge on any atom is 0.0459 e. The van der Waals surface area contributed by atoms with E-state index >= 15 is 0 Å².